The van der Waals surface area contributed by atoms with Gasteiger partial charge in [-0.05, 0) is 25.1 Å². The Morgan fingerprint density at radius 1 is 1.40 bits per heavy atom. The van der Waals surface area contributed by atoms with Gasteiger partial charge in [0.1, 0.15) is 5.82 Å². The Balaban J connectivity index is 2.81. The molecule has 1 rings (SSSR count). The molecule has 0 aliphatic heterocycles. The van der Waals surface area contributed by atoms with Crippen LogP contribution in [0.5, 0.6) is 0 Å². The van der Waals surface area contributed by atoms with Crippen LogP contribution in [0, 0.1) is 5.82 Å². The van der Waals surface area contributed by atoms with Gasteiger partial charge in [-0.15, -0.1) is 0 Å². The van der Waals surface area contributed by atoms with Crippen LogP contribution in [0.4, 0.5) is 15.8 Å². The first kappa shape index (κ1) is 11.8. The van der Waals surface area contributed by atoms with Crippen molar-refractivity contribution >= 4 is 11.4 Å². The highest BCUT2D eigenvalue weighted by molar-refractivity contribution is 5.56. The summed E-state index contributed by atoms with van der Waals surface area (Å²) in [5.41, 5.74) is 6.83. The molecule has 15 heavy (non-hydrogen) atoms. The van der Waals surface area contributed by atoms with Crippen LogP contribution in [0.25, 0.3) is 0 Å². The van der Waals surface area contributed by atoms with Crippen molar-refractivity contribution in [1.82, 2.24) is 0 Å². The molecule has 0 aliphatic rings. The molecule has 0 heterocycles. The van der Waals surface area contributed by atoms with Gasteiger partial charge in [0.2, 0.25) is 0 Å². The third-order valence-electron chi connectivity index (χ3n) is 2.22. The lowest BCUT2D eigenvalue weighted by Crippen LogP contribution is -2.26. The fraction of sp³-hybridized carbons (Fsp3) is 0.455. The normalized spacial score (nSPS) is 10.3. The zero-order valence-corrected chi connectivity index (χ0v) is 9.16. The van der Waals surface area contributed by atoms with Crippen LogP contribution >= 0.6 is 0 Å². The lowest BCUT2D eigenvalue weighted by Gasteiger charge is -2.23. The summed E-state index contributed by atoms with van der Waals surface area (Å²) < 4.78 is 18.1. The van der Waals surface area contributed by atoms with Crippen LogP contribution in [0.2, 0.25) is 0 Å². The largest absolute Gasteiger partial charge is 0.399 e. The molecule has 0 spiro atoms. The van der Waals surface area contributed by atoms with Crippen molar-refractivity contribution < 1.29 is 9.13 Å². The lowest BCUT2D eigenvalue weighted by atomic mass is 10.2. The highest BCUT2D eigenvalue weighted by Crippen LogP contribution is 2.19. The van der Waals surface area contributed by atoms with Crippen molar-refractivity contribution in [2.45, 2.75) is 6.92 Å². The summed E-state index contributed by atoms with van der Waals surface area (Å²) in [5.74, 6) is -0.305. The minimum atomic E-state index is -0.305. The van der Waals surface area contributed by atoms with Crippen molar-refractivity contribution in [3.05, 3.63) is 24.0 Å². The van der Waals surface area contributed by atoms with Crippen LogP contribution < -0.4 is 10.6 Å². The Hall–Kier alpha value is -1.29. The lowest BCUT2D eigenvalue weighted by molar-refractivity contribution is 0.205. The number of nitrogens with two attached hydrogens (primary N) is 1. The number of methoxy groups -OCH3 is 1. The highest BCUT2D eigenvalue weighted by atomic mass is 19.1. The number of likely N-dealkylation sites (N-methyl/N-ethyl adjacent to an activating group) is 1. The number of ether oxygens (including phenoxy) is 1. The van der Waals surface area contributed by atoms with E-state index in [1.807, 2.05) is 11.8 Å². The molecule has 0 amide bonds. The first-order valence-corrected chi connectivity index (χ1v) is 4.97. The van der Waals surface area contributed by atoms with Gasteiger partial charge >= 0.3 is 0 Å². The van der Waals surface area contributed by atoms with Crippen LogP contribution in [0.1, 0.15) is 6.92 Å². The molecule has 0 saturated carbocycles. The maximum atomic E-state index is 13.1. The molecule has 0 aromatic heterocycles. The summed E-state index contributed by atoms with van der Waals surface area (Å²) in [4.78, 5) is 2.02. The molecule has 0 saturated heterocycles. The summed E-state index contributed by atoms with van der Waals surface area (Å²) in [7, 11) is 1.65. The number of benzene rings is 1. The molecule has 84 valence electrons. The second-order valence-corrected chi connectivity index (χ2v) is 3.32. The number of nitrogens with zero attached hydrogens (tertiary/aromatic N) is 1. The van der Waals surface area contributed by atoms with Crippen LogP contribution in [-0.4, -0.2) is 26.8 Å². The molecule has 0 unspecified atom stereocenters. The Bertz CT molecular complexity index is 297. The predicted molar refractivity (Wildman–Crippen MR) is 60.6 cm³/mol. The Kier molecular flexibility index (Phi) is 4.37. The first-order valence-electron chi connectivity index (χ1n) is 4.97. The summed E-state index contributed by atoms with van der Waals surface area (Å²) in [6.45, 7) is 4.16. The van der Waals surface area contributed by atoms with Gasteiger partial charge < -0.3 is 15.4 Å². The van der Waals surface area contributed by atoms with Gasteiger partial charge in [-0.2, -0.15) is 0 Å². The molecule has 3 nitrogen and oxygen atoms in total. The van der Waals surface area contributed by atoms with E-state index in [-0.39, 0.29) is 5.82 Å². The molecule has 0 radical (unpaired) electrons. The average molecular weight is 212 g/mol. The second kappa shape index (κ2) is 5.56. The van der Waals surface area contributed by atoms with Gasteiger partial charge in [0.15, 0.2) is 0 Å². The molecule has 1 aromatic carbocycles. The van der Waals surface area contributed by atoms with E-state index >= 15 is 0 Å². The van der Waals surface area contributed by atoms with E-state index in [0.29, 0.717) is 12.3 Å². The summed E-state index contributed by atoms with van der Waals surface area (Å²) in [6.07, 6.45) is 0. The van der Waals surface area contributed by atoms with E-state index in [1.54, 1.807) is 13.2 Å². The molecule has 0 bridgehead atoms. The highest BCUT2D eigenvalue weighted by Gasteiger charge is 2.06. The zero-order valence-electron chi connectivity index (χ0n) is 9.16. The van der Waals surface area contributed by atoms with Gasteiger partial charge in [0, 0.05) is 31.6 Å². The van der Waals surface area contributed by atoms with Gasteiger partial charge in [-0.25, -0.2) is 4.39 Å². The number of anilines is 2. The van der Waals surface area contributed by atoms with Crippen molar-refractivity contribution in [2.24, 2.45) is 0 Å². The van der Waals surface area contributed by atoms with Gasteiger partial charge in [0.25, 0.3) is 0 Å². The molecular formula is C11H17FN2O. The SMILES string of the molecule is CCN(CCOC)c1cc(N)cc(F)c1. The van der Waals surface area contributed by atoms with E-state index in [4.69, 9.17) is 10.5 Å². The van der Waals surface area contributed by atoms with Crippen LogP contribution in [-0.2, 0) is 4.74 Å². The summed E-state index contributed by atoms with van der Waals surface area (Å²) in [6, 6.07) is 4.56. The maximum absolute atomic E-state index is 13.1. The fourth-order valence-electron chi connectivity index (χ4n) is 1.45. The van der Waals surface area contributed by atoms with E-state index in [0.717, 1.165) is 18.8 Å². The van der Waals surface area contributed by atoms with E-state index < -0.39 is 0 Å². The summed E-state index contributed by atoms with van der Waals surface area (Å²) in [5, 5.41) is 0. The monoisotopic (exact) mass is 212 g/mol. The second-order valence-electron chi connectivity index (χ2n) is 3.32. The first-order chi connectivity index (χ1) is 7.17. The van der Waals surface area contributed by atoms with Gasteiger partial charge in [-0.3, -0.25) is 0 Å². The Morgan fingerprint density at radius 2 is 2.13 bits per heavy atom. The van der Waals surface area contributed by atoms with Gasteiger partial charge in [0.05, 0.1) is 6.61 Å². The number of hydrogen-bond donors (Lipinski definition) is 1. The standard InChI is InChI=1S/C11H17FN2O/c1-3-14(4-5-15-2)11-7-9(12)6-10(13)8-11/h6-8H,3-5,13H2,1-2H3. The Labute approximate surface area is 89.6 Å². The predicted octanol–water partition coefficient (Wildman–Crippen LogP) is 1.88. The molecule has 0 aliphatic carbocycles. The number of nitrogen functional groups attached to an aromatic ring is 1. The van der Waals surface area contributed by atoms with E-state index in [9.17, 15) is 4.39 Å². The van der Waals surface area contributed by atoms with Crippen molar-refractivity contribution in [3.8, 4) is 0 Å². The average Bonchev–Trinajstić information content (AvgIpc) is 2.17. The number of rotatable bonds is 5. The minimum absolute atomic E-state index is 0.305. The smallest absolute Gasteiger partial charge is 0.127 e. The molecule has 2 N–H and O–H groups in total. The van der Waals surface area contributed by atoms with Crippen molar-refractivity contribution in [2.75, 3.05) is 37.4 Å². The maximum Gasteiger partial charge on any atom is 0.127 e. The third-order valence-corrected chi connectivity index (χ3v) is 2.22. The fourth-order valence-corrected chi connectivity index (χ4v) is 1.45. The molecule has 0 atom stereocenters. The minimum Gasteiger partial charge on any atom is -0.399 e. The zero-order chi connectivity index (χ0) is 11.3. The molecular weight excluding hydrogens is 195 g/mol. The van der Waals surface area contributed by atoms with Crippen molar-refractivity contribution in [3.63, 3.8) is 0 Å². The van der Waals surface area contributed by atoms with E-state index in [2.05, 4.69) is 0 Å². The topological polar surface area (TPSA) is 38.5 Å². The third kappa shape index (κ3) is 3.40. The molecule has 0 fully saturated rings. The number of hydrogen-bond acceptors (Lipinski definition) is 3. The van der Waals surface area contributed by atoms with Crippen LogP contribution in [0.3, 0.4) is 0 Å². The molecule has 4 heteroatoms. The van der Waals surface area contributed by atoms with Gasteiger partial charge in [-0.1, -0.05) is 0 Å². The Morgan fingerprint density at radius 3 is 2.67 bits per heavy atom. The van der Waals surface area contributed by atoms with Crippen molar-refractivity contribution in [1.29, 1.82) is 0 Å². The quantitative estimate of drug-likeness (QED) is 0.757. The number of halogens is 1. The molecule has 1 aromatic rings. The summed E-state index contributed by atoms with van der Waals surface area (Å²) >= 11 is 0. The van der Waals surface area contributed by atoms with E-state index in [1.165, 1.54) is 12.1 Å². The van der Waals surface area contributed by atoms with Crippen LogP contribution in [0.15, 0.2) is 18.2 Å².